The first-order chi connectivity index (χ1) is 5.77. The highest BCUT2D eigenvalue weighted by Gasteiger charge is 1.89. The predicted molar refractivity (Wildman–Crippen MR) is 46.4 cm³/mol. The van der Waals surface area contributed by atoms with E-state index in [0.717, 1.165) is 19.4 Å². The van der Waals surface area contributed by atoms with Crippen molar-refractivity contribution in [1.82, 2.24) is 10.9 Å². The Kier molecular flexibility index (Phi) is 7.73. The fourth-order valence-corrected chi connectivity index (χ4v) is 0.659. The minimum atomic E-state index is -0.565. The third-order valence-electron chi connectivity index (χ3n) is 1.15. The molecule has 5 nitrogen and oxygen atoms in total. The average Bonchev–Trinajstić information content (AvgIpc) is 2.02. The highest BCUT2D eigenvalue weighted by Crippen LogP contribution is 1.82. The molecule has 0 unspecified atom stereocenters. The van der Waals surface area contributed by atoms with Crippen molar-refractivity contribution in [1.29, 1.82) is 0 Å². The summed E-state index contributed by atoms with van der Waals surface area (Å²) in [6.45, 7) is 4.24. The van der Waals surface area contributed by atoms with Gasteiger partial charge in [-0.05, 0) is 12.8 Å². The van der Waals surface area contributed by atoms with E-state index in [9.17, 15) is 4.79 Å². The molecule has 0 aromatic rings. The molecule has 0 atom stereocenters. The zero-order valence-electron chi connectivity index (χ0n) is 7.43. The number of ether oxygens (including phenoxy) is 1. The number of hydrazine groups is 1. The zero-order chi connectivity index (χ0) is 9.23. The van der Waals surface area contributed by atoms with Gasteiger partial charge in [-0.1, -0.05) is 6.92 Å². The zero-order valence-corrected chi connectivity index (χ0v) is 7.43. The molecule has 0 saturated carbocycles. The molecule has 0 radical (unpaired) electrons. The summed E-state index contributed by atoms with van der Waals surface area (Å²) < 4.78 is 5.21. The Bertz CT molecular complexity index is 119. The van der Waals surface area contributed by atoms with E-state index in [2.05, 4.69) is 17.8 Å². The Morgan fingerprint density at radius 1 is 1.50 bits per heavy atom. The predicted octanol–water partition coefficient (Wildman–Crippen LogP) is -0.0240. The SMILES string of the molecule is CCCOCCCNNC(N)=O. The molecule has 12 heavy (non-hydrogen) atoms. The number of primary amides is 1. The van der Waals surface area contributed by atoms with E-state index in [0.29, 0.717) is 13.2 Å². The van der Waals surface area contributed by atoms with Crippen LogP contribution in [0.5, 0.6) is 0 Å². The molecule has 0 aliphatic carbocycles. The smallest absolute Gasteiger partial charge is 0.326 e. The monoisotopic (exact) mass is 175 g/mol. The van der Waals surface area contributed by atoms with E-state index in [1.165, 1.54) is 0 Å². The molecule has 0 aromatic heterocycles. The molecule has 0 aromatic carbocycles. The van der Waals surface area contributed by atoms with E-state index < -0.39 is 6.03 Å². The third kappa shape index (κ3) is 9.19. The fourth-order valence-electron chi connectivity index (χ4n) is 0.659. The first kappa shape index (κ1) is 11.2. The molecule has 0 aliphatic heterocycles. The molecule has 0 fully saturated rings. The van der Waals surface area contributed by atoms with Crippen LogP contribution in [0, 0.1) is 0 Å². The molecule has 0 aliphatic rings. The van der Waals surface area contributed by atoms with Gasteiger partial charge in [0.2, 0.25) is 0 Å². The molecular weight excluding hydrogens is 158 g/mol. The lowest BCUT2D eigenvalue weighted by Gasteiger charge is -2.04. The van der Waals surface area contributed by atoms with Gasteiger partial charge in [-0.3, -0.25) is 5.43 Å². The Hall–Kier alpha value is -0.810. The number of amides is 2. The summed E-state index contributed by atoms with van der Waals surface area (Å²) in [5.41, 5.74) is 9.74. The van der Waals surface area contributed by atoms with Gasteiger partial charge in [0.1, 0.15) is 0 Å². The quantitative estimate of drug-likeness (QED) is 0.376. The maximum atomic E-state index is 10.2. The Morgan fingerprint density at radius 3 is 2.83 bits per heavy atom. The first-order valence-electron chi connectivity index (χ1n) is 4.13. The van der Waals surface area contributed by atoms with Crippen LogP contribution in [0.3, 0.4) is 0 Å². The molecule has 0 spiro atoms. The first-order valence-corrected chi connectivity index (χ1v) is 4.13. The molecule has 0 bridgehead atoms. The van der Waals surface area contributed by atoms with Gasteiger partial charge in [-0.15, -0.1) is 0 Å². The van der Waals surface area contributed by atoms with Crippen molar-refractivity contribution in [3.05, 3.63) is 0 Å². The number of hydrogen-bond acceptors (Lipinski definition) is 3. The Morgan fingerprint density at radius 2 is 2.25 bits per heavy atom. The lowest BCUT2D eigenvalue weighted by atomic mass is 10.4. The molecule has 5 heteroatoms. The lowest BCUT2D eigenvalue weighted by Crippen LogP contribution is -2.41. The second-order valence-corrected chi connectivity index (χ2v) is 2.38. The summed E-state index contributed by atoms with van der Waals surface area (Å²) in [4.78, 5) is 10.2. The maximum absolute atomic E-state index is 10.2. The lowest BCUT2D eigenvalue weighted by molar-refractivity contribution is 0.131. The van der Waals surface area contributed by atoms with E-state index >= 15 is 0 Å². The molecule has 0 rings (SSSR count). The minimum absolute atomic E-state index is 0.565. The molecule has 0 heterocycles. The van der Waals surface area contributed by atoms with Crippen molar-refractivity contribution in [2.45, 2.75) is 19.8 Å². The number of urea groups is 1. The van der Waals surface area contributed by atoms with E-state index in [1.54, 1.807) is 0 Å². The summed E-state index contributed by atoms with van der Waals surface area (Å²) >= 11 is 0. The number of nitrogens with two attached hydrogens (primary N) is 1. The molecule has 4 N–H and O–H groups in total. The van der Waals surface area contributed by atoms with Crippen LogP contribution in [0.2, 0.25) is 0 Å². The second-order valence-electron chi connectivity index (χ2n) is 2.38. The highest BCUT2D eigenvalue weighted by atomic mass is 16.5. The normalized spacial score (nSPS) is 9.75. The van der Waals surface area contributed by atoms with Crippen LogP contribution < -0.4 is 16.6 Å². The van der Waals surface area contributed by atoms with Gasteiger partial charge in [0, 0.05) is 19.8 Å². The highest BCUT2D eigenvalue weighted by molar-refractivity contribution is 5.70. The van der Waals surface area contributed by atoms with Crippen molar-refractivity contribution in [2.24, 2.45) is 5.73 Å². The minimum Gasteiger partial charge on any atom is -0.381 e. The molecule has 2 amide bonds. The summed E-state index contributed by atoms with van der Waals surface area (Å²) in [6.07, 6.45) is 1.90. The van der Waals surface area contributed by atoms with Crippen molar-refractivity contribution in [3.8, 4) is 0 Å². The van der Waals surface area contributed by atoms with Crippen molar-refractivity contribution < 1.29 is 9.53 Å². The maximum Gasteiger partial charge on any atom is 0.326 e. The summed E-state index contributed by atoms with van der Waals surface area (Å²) in [6, 6.07) is -0.565. The van der Waals surface area contributed by atoms with E-state index in [-0.39, 0.29) is 0 Å². The summed E-state index contributed by atoms with van der Waals surface area (Å²) in [7, 11) is 0. The van der Waals surface area contributed by atoms with Gasteiger partial charge in [-0.25, -0.2) is 10.2 Å². The van der Waals surface area contributed by atoms with Crippen LogP contribution in [0.1, 0.15) is 19.8 Å². The van der Waals surface area contributed by atoms with Crippen molar-refractivity contribution in [2.75, 3.05) is 19.8 Å². The van der Waals surface area contributed by atoms with Crippen molar-refractivity contribution in [3.63, 3.8) is 0 Å². The van der Waals surface area contributed by atoms with Gasteiger partial charge >= 0.3 is 6.03 Å². The van der Waals surface area contributed by atoms with E-state index in [1.807, 2.05) is 0 Å². The van der Waals surface area contributed by atoms with Gasteiger partial charge in [0.05, 0.1) is 0 Å². The van der Waals surface area contributed by atoms with Crippen LogP contribution in [-0.2, 0) is 4.74 Å². The second kappa shape index (κ2) is 8.29. The van der Waals surface area contributed by atoms with Crippen LogP contribution in [-0.4, -0.2) is 25.8 Å². The third-order valence-corrected chi connectivity index (χ3v) is 1.15. The Labute approximate surface area is 72.6 Å². The number of hydrogen-bond donors (Lipinski definition) is 3. The van der Waals surface area contributed by atoms with Crippen molar-refractivity contribution >= 4 is 6.03 Å². The topological polar surface area (TPSA) is 76.4 Å². The van der Waals surface area contributed by atoms with Crippen LogP contribution in [0.4, 0.5) is 4.79 Å². The van der Waals surface area contributed by atoms with Crippen LogP contribution in [0.25, 0.3) is 0 Å². The van der Waals surface area contributed by atoms with E-state index in [4.69, 9.17) is 10.5 Å². The fraction of sp³-hybridized carbons (Fsp3) is 0.857. The molecule has 72 valence electrons. The molecule has 0 saturated heterocycles. The number of rotatable bonds is 7. The average molecular weight is 175 g/mol. The largest absolute Gasteiger partial charge is 0.381 e. The van der Waals surface area contributed by atoms with Gasteiger partial charge < -0.3 is 10.5 Å². The van der Waals surface area contributed by atoms with Crippen LogP contribution in [0.15, 0.2) is 0 Å². The Balaban J connectivity index is 2.86. The number of carbonyl (C=O) groups excluding carboxylic acids is 1. The van der Waals surface area contributed by atoms with Gasteiger partial charge in [-0.2, -0.15) is 0 Å². The van der Waals surface area contributed by atoms with Gasteiger partial charge in [0.15, 0.2) is 0 Å². The summed E-state index contributed by atoms with van der Waals surface area (Å²) in [5.74, 6) is 0. The standard InChI is InChI=1S/C7H17N3O2/c1-2-5-12-6-3-4-9-10-7(8)11/h9H,2-6H2,1H3,(H3,8,10,11). The molecular formula is C7H17N3O2. The summed E-state index contributed by atoms with van der Waals surface area (Å²) in [5, 5.41) is 0. The van der Waals surface area contributed by atoms with Gasteiger partial charge in [0.25, 0.3) is 0 Å². The number of nitrogens with one attached hydrogen (secondary N) is 2. The number of carbonyl (C=O) groups is 1. The van der Waals surface area contributed by atoms with Crippen LogP contribution >= 0.6 is 0 Å².